The van der Waals surface area contributed by atoms with Crippen molar-refractivity contribution in [3.05, 3.63) is 82.1 Å². The van der Waals surface area contributed by atoms with Crippen LogP contribution in [-0.4, -0.2) is 46.9 Å². The predicted octanol–water partition coefficient (Wildman–Crippen LogP) is 3.82. The van der Waals surface area contributed by atoms with Crippen molar-refractivity contribution in [3.63, 3.8) is 0 Å². The van der Waals surface area contributed by atoms with Gasteiger partial charge in [0.15, 0.2) is 0 Å². The number of nitrogens with zero attached hydrogens (tertiary/aromatic N) is 3. The van der Waals surface area contributed by atoms with Gasteiger partial charge < -0.3 is 9.64 Å². The Kier molecular flexibility index (Phi) is 6.17. The van der Waals surface area contributed by atoms with Gasteiger partial charge in [-0.3, -0.25) is 9.69 Å². The average molecular weight is 412 g/mol. The van der Waals surface area contributed by atoms with Crippen LogP contribution >= 0.6 is 11.3 Å². The molecule has 0 N–H and O–H groups in total. The maximum absolute atomic E-state index is 12.9. The highest BCUT2D eigenvalue weighted by Crippen LogP contribution is 2.18. The van der Waals surface area contributed by atoms with Gasteiger partial charge in [-0.15, -0.1) is 11.3 Å². The molecule has 0 bridgehead atoms. The lowest BCUT2D eigenvalue weighted by Crippen LogP contribution is -2.48. The van der Waals surface area contributed by atoms with E-state index in [1.54, 1.807) is 23.5 Å². The highest BCUT2D eigenvalue weighted by molar-refractivity contribution is 7.09. The molecule has 2 heterocycles. The second-order valence-corrected chi connectivity index (χ2v) is 7.85. The lowest BCUT2D eigenvalue weighted by molar-refractivity contribution is 0.0627. The van der Waals surface area contributed by atoms with Gasteiger partial charge in [0, 0.05) is 43.7 Å². The van der Waals surface area contributed by atoms with Gasteiger partial charge in [-0.1, -0.05) is 18.2 Å². The van der Waals surface area contributed by atoms with Crippen LogP contribution in [0.5, 0.6) is 5.75 Å². The van der Waals surface area contributed by atoms with E-state index >= 15 is 0 Å². The number of hydrogen-bond donors (Lipinski definition) is 0. The van der Waals surface area contributed by atoms with Gasteiger partial charge in [0.2, 0.25) is 0 Å². The molecule has 0 spiro atoms. The van der Waals surface area contributed by atoms with E-state index in [0.717, 1.165) is 49.0 Å². The Morgan fingerprint density at radius 2 is 1.76 bits per heavy atom. The van der Waals surface area contributed by atoms with Crippen molar-refractivity contribution in [1.29, 1.82) is 0 Å². The largest absolute Gasteiger partial charge is 0.486 e. The summed E-state index contributed by atoms with van der Waals surface area (Å²) >= 11 is 1.56. The van der Waals surface area contributed by atoms with Crippen LogP contribution < -0.4 is 4.74 Å². The minimum atomic E-state index is -0.278. The van der Waals surface area contributed by atoms with Crippen LogP contribution in [-0.2, 0) is 13.2 Å². The summed E-state index contributed by atoms with van der Waals surface area (Å²) in [6, 6.07) is 15.4. The molecule has 150 valence electrons. The van der Waals surface area contributed by atoms with Crippen molar-refractivity contribution in [2.75, 3.05) is 26.2 Å². The third-order valence-electron chi connectivity index (χ3n) is 4.84. The Bertz CT molecular complexity index is 938. The Morgan fingerprint density at radius 3 is 2.48 bits per heavy atom. The molecular weight excluding hydrogens is 389 g/mol. The number of aromatic nitrogens is 1. The first kappa shape index (κ1) is 19.5. The first-order valence-electron chi connectivity index (χ1n) is 9.56. The molecule has 1 aromatic heterocycles. The number of halogens is 1. The SMILES string of the molecule is O=C(c1ccccc1)N1CCN(Cc2csc(COc3ccc(F)cc3)n2)CC1. The summed E-state index contributed by atoms with van der Waals surface area (Å²) in [6.45, 7) is 4.24. The van der Waals surface area contributed by atoms with Crippen LogP contribution in [0, 0.1) is 5.82 Å². The van der Waals surface area contributed by atoms with Gasteiger partial charge in [0.1, 0.15) is 23.2 Å². The Labute approximate surface area is 173 Å². The average Bonchev–Trinajstić information content (AvgIpc) is 3.21. The number of ether oxygens (including phenoxy) is 1. The van der Waals surface area contributed by atoms with E-state index in [0.29, 0.717) is 12.4 Å². The fourth-order valence-corrected chi connectivity index (χ4v) is 3.96. The zero-order valence-electron chi connectivity index (χ0n) is 16.0. The molecule has 1 amide bonds. The molecule has 3 aromatic rings. The topological polar surface area (TPSA) is 45.7 Å². The lowest BCUT2D eigenvalue weighted by atomic mass is 10.2. The molecule has 29 heavy (non-hydrogen) atoms. The third kappa shape index (κ3) is 5.19. The number of amides is 1. The number of hydrogen-bond acceptors (Lipinski definition) is 5. The van der Waals surface area contributed by atoms with Crippen LogP contribution in [0.15, 0.2) is 60.0 Å². The summed E-state index contributed by atoms with van der Waals surface area (Å²) in [6.07, 6.45) is 0. The molecule has 1 aliphatic heterocycles. The molecule has 2 aromatic carbocycles. The van der Waals surface area contributed by atoms with Crippen LogP contribution in [0.2, 0.25) is 0 Å². The van der Waals surface area contributed by atoms with Crippen molar-refractivity contribution in [2.24, 2.45) is 0 Å². The van der Waals surface area contributed by atoms with Gasteiger partial charge in [-0.25, -0.2) is 9.37 Å². The lowest BCUT2D eigenvalue weighted by Gasteiger charge is -2.34. The smallest absolute Gasteiger partial charge is 0.253 e. The second-order valence-electron chi connectivity index (χ2n) is 6.91. The van der Waals surface area contributed by atoms with Crippen LogP contribution in [0.3, 0.4) is 0 Å². The van der Waals surface area contributed by atoms with E-state index in [2.05, 4.69) is 9.88 Å². The normalized spacial score (nSPS) is 14.7. The number of carbonyl (C=O) groups excluding carboxylic acids is 1. The van der Waals surface area contributed by atoms with Crippen molar-refractivity contribution >= 4 is 17.2 Å². The van der Waals surface area contributed by atoms with Gasteiger partial charge >= 0.3 is 0 Å². The van der Waals surface area contributed by atoms with Gasteiger partial charge in [0.05, 0.1) is 5.69 Å². The fourth-order valence-electron chi connectivity index (χ4n) is 3.27. The van der Waals surface area contributed by atoms with Crippen LogP contribution in [0.4, 0.5) is 4.39 Å². The monoisotopic (exact) mass is 411 g/mol. The molecule has 0 unspecified atom stereocenters. The predicted molar refractivity (Wildman–Crippen MR) is 110 cm³/mol. The molecular formula is C22H22FN3O2S. The molecule has 1 saturated heterocycles. The zero-order valence-corrected chi connectivity index (χ0v) is 16.8. The molecule has 0 radical (unpaired) electrons. The number of thiazole rings is 1. The highest BCUT2D eigenvalue weighted by Gasteiger charge is 2.22. The van der Waals surface area contributed by atoms with E-state index in [9.17, 15) is 9.18 Å². The van der Waals surface area contributed by atoms with Crippen LogP contribution in [0.25, 0.3) is 0 Å². The molecule has 1 aliphatic rings. The summed E-state index contributed by atoms with van der Waals surface area (Å²) < 4.78 is 18.6. The maximum atomic E-state index is 12.9. The first-order valence-corrected chi connectivity index (χ1v) is 10.4. The minimum absolute atomic E-state index is 0.0964. The van der Waals surface area contributed by atoms with E-state index in [4.69, 9.17) is 4.74 Å². The maximum Gasteiger partial charge on any atom is 0.253 e. The van der Waals surface area contributed by atoms with E-state index < -0.39 is 0 Å². The van der Waals surface area contributed by atoms with E-state index in [-0.39, 0.29) is 11.7 Å². The molecule has 4 rings (SSSR count). The number of carbonyl (C=O) groups is 1. The van der Waals surface area contributed by atoms with Crippen LogP contribution in [0.1, 0.15) is 21.1 Å². The van der Waals surface area contributed by atoms with E-state index in [1.165, 1.54) is 12.1 Å². The Hall–Kier alpha value is -2.77. The molecule has 5 nitrogen and oxygen atoms in total. The van der Waals surface area contributed by atoms with Crippen molar-refractivity contribution in [1.82, 2.24) is 14.8 Å². The standard InChI is InChI=1S/C22H22FN3O2S/c23-18-6-8-20(9-7-18)28-15-21-24-19(16-29-21)14-25-10-12-26(13-11-25)22(27)17-4-2-1-3-5-17/h1-9,16H,10-15H2. The van der Waals surface area contributed by atoms with Crippen molar-refractivity contribution in [2.45, 2.75) is 13.2 Å². The summed E-state index contributed by atoms with van der Waals surface area (Å²) in [5, 5.41) is 2.94. The van der Waals surface area contributed by atoms with Crippen molar-refractivity contribution in [3.8, 4) is 5.75 Å². The number of rotatable bonds is 6. The fraction of sp³-hybridized carbons (Fsp3) is 0.273. The molecule has 0 saturated carbocycles. The van der Waals surface area contributed by atoms with E-state index in [1.807, 2.05) is 40.6 Å². The summed E-state index contributed by atoms with van der Waals surface area (Å²) in [7, 11) is 0. The summed E-state index contributed by atoms with van der Waals surface area (Å²) in [5.74, 6) is 0.445. The van der Waals surface area contributed by atoms with Crippen molar-refractivity contribution < 1.29 is 13.9 Å². The highest BCUT2D eigenvalue weighted by atomic mass is 32.1. The summed E-state index contributed by atoms with van der Waals surface area (Å²) in [4.78, 5) is 21.4. The molecule has 1 fully saturated rings. The zero-order chi connectivity index (χ0) is 20.1. The number of piperazine rings is 1. The summed E-state index contributed by atoms with van der Waals surface area (Å²) in [5.41, 5.74) is 1.75. The molecule has 0 aliphatic carbocycles. The molecule has 7 heteroatoms. The first-order chi connectivity index (χ1) is 14.2. The quantitative estimate of drug-likeness (QED) is 0.619. The van der Waals surface area contributed by atoms with Gasteiger partial charge in [0.25, 0.3) is 5.91 Å². The second kappa shape index (κ2) is 9.15. The van der Waals surface area contributed by atoms with Gasteiger partial charge in [-0.05, 0) is 36.4 Å². The number of benzene rings is 2. The Morgan fingerprint density at radius 1 is 1.03 bits per heavy atom. The minimum Gasteiger partial charge on any atom is -0.486 e. The van der Waals surface area contributed by atoms with Gasteiger partial charge in [-0.2, -0.15) is 0 Å². The molecule has 0 atom stereocenters. The Balaban J connectivity index is 1.24. The third-order valence-corrected chi connectivity index (χ3v) is 5.71.